The summed E-state index contributed by atoms with van der Waals surface area (Å²) >= 11 is 1.59. The lowest BCUT2D eigenvalue weighted by molar-refractivity contribution is -0.129. The van der Waals surface area contributed by atoms with Crippen molar-refractivity contribution in [3.63, 3.8) is 0 Å². The minimum atomic E-state index is -0.524. The summed E-state index contributed by atoms with van der Waals surface area (Å²) in [6, 6.07) is 16.0. The van der Waals surface area contributed by atoms with Crippen molar-refractivity contribution in [1.29, 1.82) is 0 Å². The number of fused-ring (bicyclic) bond motifs is 1. The van der Waals surface area contributed by atoms with Crippen LogP contribution in [0.2, 0.25) is 0 Å². The molecule has 0 bridgehead atoms. The van der Waals surface area contributed by atoms with Gasteiger partial charge in [-0.3, -0.25) is 14.5 Å². The van der Waals surface area contributed by atoms with Crippen molar-refractivity contribution in [2.45, 2.75) is 78.7 Å². The first kappa shape index (κ1) is 32.4. The van der Waals surface area contributed by atoms with Gasteiger partial charge in [0.05, 0.1) is 21.1 Å². The molecule has 7 heteroatoms. The van der Waals surface area contributed by atoms with Crippen molar-refractivity contribution < 1.29 is 14.4 Å². The first-order valence-corrected chi connectivity index (χ1v) is 15.6. The van der Waals surface area contributed by atoms with Gasteiger partial charge in [-0.2, -0.15) is 0 Å². The lowest BCUT2D eigenvalue weighted by Gasteiger charge is -2.23. The number of nitrogens with zero attached hydrogens (tertiary/aromatic N) is 2. The number of benzene rings is 2. The highest BCUT2D eigenvalue weighted by atomic mass is 32.1. The van der Waals surface area contributed by atoms with Crippen LogP contribution in [0.1, 0.15) is 75.9 Å². The topological polar surface area (TPSA) is 79.4 Å². The Morgan fingerprint density at radius 1 is 1.02 bits per heavy atom. The van der Waals surface area contributed by atoms with Crippen LogP contribution in [-0.4, -0.2) is 53.0 Å². The van der Waals surface area contributed by atoms with Gasteiger partial charge in [0.15, 0.2) is 5.78 Å². The van der Waals surface area contributed by atoms with E-state index in [1.165, 1.54) is 12.5 Å². The average molecular weight is 576 g/mol. The van der Waals surface area contributed by atoms with Crippen LogP contribution in [0, 0.1) is 5.92 Å². The predicted molar refractivity (Wildman–Crippen MR) is 169 cm³/mol. The average Bonchev–Trinajstić information content (AvgIpc) is 3.35. The van der Waals surface area contributed by atoms with E-state index in [2.05, 4.69) is 56.6 Å². The summed E-state index contributed by atoms with van der Waals surface area (Å²) in [5.41, 5.74) is 3.86. The highest BCUT2D eigenvalue weighted by Crippen LogP contribution is 2.28. The quantitative estimate of drug-likeness (QED) is 0.185. The zero-order chi connectivity index (χ0) is 29.9. The molecule has 41 heavy (non-hydrogen) atoms. The maximum absolute atomic E-state index is 13.6. The van der Waals surface area contributed by atoms with Gasteiger partial charge in [-0.15, -0.1) is 11.3 Å². The number of carbonyl (C=O) groups excluding carboxylic acids is 3. The van der Waals surface area contributed by atoms with Crippen LogP contribution < -0.4 is 5.32 Å². The van der Waals surface area contributed by atoms with Crippen molar-refractivity contribution in [1.82, 2.24) is 15.2 Å². The molecule has 2 atom stereocenters. The third-order valence-electron chi connectivity index (χ3n) is 7.54. The van der Waals surface area contributed by atoms with Gasteiger partial charge < -0.3 is 10.1 Å². The molecule has 1 N–H and O–H groups in total. The van der Waals surface area contributed by atoms with E-state index in [-0.39, 0.29) is 29.9 Å². The molecule has 0 aliphatic rings. The fourth-order valence-corrected chi connectivity index (χ4v) is 6.08. The molecule has 0 spiro atoms. The third kappa shape index (κ3) is 10.0. The molecule has 1 aromatic heterocycles. The lowest BCUT2D eigenvalue weighted by Crippen LogP contribution is -2.41. The number of rotatable bonds is 17. The third-order valence-corrected chi connectivity index (χ3v) is 8.58. The van der Waals surface area contributed by atoms with Gasteiger partial charge >= 0.3 is 0 Å². The fraction of sp³-hybridized carbons (Fsp3) is 0.471. The van der Waals surface area contributed by atoms with E-state index in [1.807, 2.05) is 36.4 Å². The van der Waals surface area contributed by atoms with E-state index >= 15 is 0 Å². The fourth-order valence-electron chi connectivity index (χ4n) is 4.98. The molecule has 1 amide bonds. The zero-order valence-corrected chi connectivity index (χ0v) is 26.1. The largest absolute Gasteiger partial charge is 0.353 e. The van der Waals surface area contributed by atoms with E-state index in [0.29, 0.717) is 43.7 Å². The number of ketones is 2. The van der Waals surface area contributed by atoms with Gasteiger partial charge in [0.2, 0.25) is 5.91 Å². The summed E-state index contributed by atoms with van der Waals surface area (Å²) in [7, 11) is 0. The minimum absolute atomic E-state index is 0.0275. The Morgan fingerprint density at radius 3 is 2.37 bits per heavy atom. The Kier molecular flexibility index (Phi) is 12.4. The summed E-state index contributed by atoms with van der Waals surface area (Å²) < 4.78 is 1.10. The predicted octanol–water partition coefficient (Wildman–Crippen LogP) is 6.53. The number of carbonyl (C=O) groups is 3. The number of amides is 1. The molecule has 0 aliphatic heterocycles. The van der Waals surface area contributed by atoms with Crippen molar-refractivity contribution in [3.05, 3.63) is 76.8 Å². The number of Topliss-reactive ketones (excluding diaryl/α,β-unsaturated/α-hetero) is 2. The summed E-state index contributed by atoms with van der Waals surface area (Å²) in [6.45, 7) is 16.3. The Bertz CT molecular complexity index is 1330. The van der Waals surface area contributed by atoms with Gasteiger partial charge in [0, 0.05) is 37.4 Å². The monoisotopic (exact) mass is 575 g/mol. The van der Waals surface area contributed by atoms with Gasteiger partial charge in [-0.1, -0.05) is 70.7 Å². The van der Waals surface area contributed by atoms with Gasteiger partial charge in [-0.25, -0.2) is 4.98 Å². The van der Waals surface area contributed by atoms with Crippen LogP contribution in [0.5, 0.6) is 0 Å². The number of hydrogen-bond acceptors (Lipinski definition) is 6. The second-order valence-electron chi connectivity index (χ2n) is 11.2. The SMILES string of the molecule is C=C(CN(CC)CC)C(=O)CC[C@H](Cc1ccccc1)NC(=O)[C@@H](CC(C)=O)Cc1nc2ccc(C(C)C)cc2s1. The second-order valence-corrected chi connectivity index (χ2v) is 12.3. The highest BCUT2D eigenvalue weighted by molar-refractivity contribution is 7.18. The van der Waals surface area contributed by atoms with Crippen molar-refractivity contribution >= 4 is 39.0 Å². The van der Waals surface area contributed by atoms with E-state index < -0.39 is 5.92 Å². The molecular weight excluding hydrogens is 530 g/mol. The molecule has 0 fully saturated rings. The maximum atomic E-state index is 13.6. The lowest BCUT2D eigenvalue weighted by atomic mass is 9.95. The highest BCUT2D eigenvalue weighted by Gasteiger charge is 2.26. The maximum Gasteiger partial charge on any atom is 0.224 e. The Balaban J connectivity index is 1.74. The van der Waals surface area contributed by atoms with E-state index in [0.717, 1.165) is 33.9 Å². The molecule has 1 heterocycles. The van der Waals surface area contributed by atoms with Gasteiger partial charge in [0.1, 0.15) is 5.78 Å². The molecule has 3 aromatic rings. The second kappa shape index (κ2) is 15.7. The molecule has 2 aromatic carbocycles. The standard InChI is InChI=1S/C34H45N3O3S/c1-7-37(8-2)22-24(5)31(39)17-15-29(19-26-12-10-9-11-13-26)35-34(40)28(18-25(6)38)21-33-36-30-16-14-27(23(3)4)20-32(30)41-33/h9-14,16,20,23,28-29H,5,7-8,15,17-19,21-22H2,1-4,6H3,(H,35,40)/t28-,29+/m0/s1. The Hall–Kier alpha value is -3.16. The van der Waals surface area contributed by atoms with Gasteiger partial charge in [-0.05, 0) is 62.0 Å². The molecular formula is C34H45N3O3S. The van der Waals surface area contributed by atoms with E-state index in [4.69, 9.17) is 4.98 Å². The molecule has 0 aliphatic carbocycles. The van der Waals surface area contributed by atoms with Gasteiger partial charge in [0.25, 0.3) is 0 Å². The molecule has 3 rings (SSSR count). The molecule has 0 radical (unpaired) electrons. The van der Waals surface area contributed by atoms with Crippen LogP contribution >= 0.6 is 11.3 Å². The van der Waals surface area contributed by atoms with Crippen molar-refractivity contribution in [2.75, 3.05) is 19.6 Å². The first-order valence-electron chi connectivity index (χ1n) is 14.8. The molecule has 0 saturated heterocycles. The molecule has 6 nitrogen and oxygen atoms in total. The number of aromatic nitrogens is 1. The molecule has 0 unspecified atom stereocenters. The van der Waals surface area contributed by atoms with Crippen LogP contribution in [0.4, 0.5) is 0 Å². The van der Waals surface area contributed by atoms with Crippen LogP contribution in [0.3, 0.4) is 0 Å². The summed E-state index contributed by atoms with van der Waals surface area (Å²) in [6.07, 6.45) is 1.97. The number of hydrogen-bond donors (Lipinski definition) is 1. The van der Waals surface area contributed by atoms with Crippen molar-refractivity contribution in [3.8, 4) is 0 Å². The van der Waals surface area contributed by atoms with Crippen molar-refractivity contribution in [2.24, 2.45) is 5.92 Å². The Morgan fingerprint density at radius 2 is 1.73 bits per heavy atom. The Labute approximate surface area is 249 Å². The summed E-state index contributed by atoms with van der Waals surface area (Å²) in [5, 5.41) is 4.05. The number of nitrogens with one attached hydrogen (secondary N) is 1. The summed E-state index contributed by atoms with van der Waals surface area (Å²) in [4.78, 5) is 45.7. The van der Waals surface area contributed by atoms with E-state index in [1.54, 1.807) is 11.3 Å². The smallest absolute Gasteiger partial charge is 0.224 e. The number of thiazole rings is 1. The minimum Gasteiger partial charge on any atom is -0.353 e. The zero-order valence-electron chi connectivity index (χ0n) is 25.2. The normalized spacial score (nSPS) is 13.0. The van der Waals surface area contributed by atoms with Crippen LogP contribution in [0.25, 0.3) is 10.2 Å². The first-order chi connectivity index (χ1) is 19.6. The van der Waals surface area contributed by atoms with Crippen LogP contribution in [-0.2, 0) is 27.2 Å². The van der Waals surface area contributed by atoms with Crippen LogP contribution in [0.15, 0.2) is 60.7 Å². The van der Waals surface area contributed by atoms with E-state index in [9.17, 15) is 14.4 Å². The molecule has 0 saturated carbocycles. The molecule has 220 valence electrons. The summed E-state index contributed by atoms with van der Waals surface area (Å²) in [5.74, 6) is -0.276. The number of likely N-dealkylation sites (N-methyl/N-ethyl adjacent to an activating group) is 1.